The third-order valence-electron chi connectivity index (χ3n) is 5.71. The summed E-state index contributed by atoms with van der Waals surface area (Å²) in [7, 11) is 0. The summed E-state index contributed by atoms with van der Waals surface area (Å²) in [6.07, 6.45) is 3.85. The van der Waals surface area contributed by atoms with Gasteiger partial charge in [-0.25, -0.2) is 4.39 Å². The largest absolute Gasteiger partial charge is 0.356 e. The van der Waals surface area contributed by atoms with E-state index in [-0.39, 0.29) is 29.7 Å². The molecule has 1 amide bonds. The molecule has 1 aromatic heterocycles. The number of fused-ring (bicyclic) bond motifs is 3. The van der Waals surface area contributed by atoms with Gasteiger partial charge in [0.25, 0.3) is 0 Å². The average Bonchev–Trinajstić information content (AvgIpc) is 3.09. The van der Waals surface area contributed by atoms with Crippen LogP contribution in [0.2, 0.25) is 0 Å². The van der Waals surface area contributed by atoms with E-state index in [1.807, 2.05) is 17.0 Å². The lowest BCUT2D eigenvalue weighted by molar-refractivity contribution is -0.133. The highest BCUT2D eigenvalue weighted by Gasteiger charge is 2.39. The molecule has 4 rings (SSSR count). The van der Waals surface area contributed by atoms with Gasteiger partial charge in [0.15, 0.2) is 0 Å². The molecule has 0 saturated heterocycles. The molecule has 2 atom stereocenters. The van der Waals surface area contributed by atoms with Gasteiger partial charge in [0, 0.05) is 22.6 Å². The van der Waals surface area contributed by atoms with E-state index in [9.17, 15) is 9.18 Å². The molecule has 3 aromatic rings. The number of carbonyl (C=O) groups excluding carboxylic acids is 1. The zero-order valence-corrected chi connectivity index (χ0v) is 16.7. The van der Waals surface area contributed by atoms with Crippen LogP contribution in [-0.2, 0) is 11.2 Å². The summed E-state index contributed by atoms with van der Waals surface area (Å²) in [4.78, 5) is 18.4. The number of unbranched alkanes of at least 4 members (excludes halogenated alkanes) is 1. The average molecular weight is 399 g/mol. The van der Waals surface area contributed by atoms with Crippen LogP contribution < -0.4 is 0 Å². The van der Waals surface area contributed by atoms with Crippen LogP contribution in [0.4, 0.5) is 4.39 Å². The summed E-state index contributed by atoms with van der Waals surface area (Å²) in [6.45, 7) is 2.16. The number of nitrogens with zero attached hydrogens (tertiary/aromatic N) is 1. The highest BCUT2D eigenvalue weighted by molar-refractivity contribution is 6.27. The molecule has 0 saturated carbocycles. The molecule has 1 aliphatic heterocycles. The maximum Gasteiger partial charge on any atom is 0.238 e. The van der Waals surface area contributed by atoms with E-state index < -0.39 is 0 Å². The number of hydrogen-bond donors (Lipinski definition) is 1. The van der Waals surface area contributed by atoms with Gasteiger partial charge < -0.3 is 9.88 Å². The number of para-hydroxylation sites is 1. The predicted molar refractivity (Wildman–Crippen MR) is 111 cm³/mol. The summed E-state index contributed by atoms with van der Waals surface area (Å²) >= 11 is 6.01. The summed E-state index contributed by atoms with van der Waals surface area (Å²) in [5.74, 6) is -0.425. The summed E-state index contributed by atoms with van der Waals surface area (Å²) in [6, 6.07) is 14.5. The predicted octanol–water partition coefficient (Wildman–Crippen LogP) is 5.58. The van der Waals surface area contributed by atoms with Crippen LogP contribution in [0.15, 0.2) is 48.5 Å². The van der Waals surface area contributed by atoms with Crippen molar-refractivity contribution >= 4 is 28.4 Å². The van der Waals surface area contributed by atoms with Crippen molar-refractivity contribution in [1.82, 2.24) is 9.88 Å². The maximum absolute atomic E-state index is 13.6. The molecular weight excluding hydrogens is 375 g/mol. The fraction of sp³-hybridized carbons (Fsp3) is 0.348. The third-order valence-corrected chi connectivity index (χ3v) is 5.94. The van der Waals surface area contributed by atoms with Crippen LogP contribution in [0.5, 0.6) is 0 Å². The minimum Gasteiger partial charge on any atom is -0.356 e. The second kappa shape index (κ2) is 7.96. The van der Waals surface area contributed by atoms with Crippen molar-refractivity contribution in [2.24, 2.45) is 0 Å². The molecule has 3 nitrogen and oxygen atoms in total. The quantitative estimate of drug-likeness (QED) is 0.559. The Kier molecular flexibility index (Phi) is 5.40. The Morgan fingerprint density at radius 2 is 1.96 bits per heavy atom. The molecule has 0 aliphatic carbocycles. The molecule has 0 bridgehead atoms. The fourth-order valence-electron chi connectivity index (χ4n) is 4.43. The van der Waals surface area contributed by atoms with Gasteiger partial charge in [-0.05, 0) is 42.2 Å². The first-order chi connectivity index (χ1) is 13.6. The Bertz CT molecular complexity index is 982. The minimum atomic E-state index is -0.287. The van der Waals surface area contributed by atoms with Crippen molar-refractivity contribution in [1.29, 1.82) is 0 Å². The van der Waals surface area contributed by atoms with Crippen LogP contribution >= 0.6 is 11.6 Å². The van der Waals surface area contributed by atoms with Crippen LogP contribution in [-0.4, -0.2) is 27.7 Å². The fourth-order valence-corrected chi connectivity index (χ4v) is 4.57. The molecule has 5 heteroatoms. The van der Waals surface area contributed by atoms with E-state index in [1.165, 1.54) is 23.1 Å². The monoisotopic (exact) mass is 398 g/mol. The van der Waals surface area contributed by atoms with Gasteiger partial charge in [-0.1, -0.05) is 50.1 Å². The molecule has 2 unspecified atom stereocenters. The van der Waals surface area contributed by atoms with Crippen molar-refractivity contribution in [2.45, 2.75) is 44.7 Å². The van der Waals surface area contributed by atoms with Gasteiger partial charge >= 0.3 is 0 Å². The number of hydrogen-bond acceptors (Lipinski definition) is 1. The molecule has 146 valence electrons. The molecule has 1 N–H and O–H groups in total. The standard InChI is InChI=1S/C23H24ClFN2O/c1-2-3-6-17-13-19-18-7-4-5-8-20(18)26-22(19)23(27(17)21(28)14-24)15-9-11-16(25)12-10-15/h4-5,7-12,17,23,26H,2-3,6,13-14H2,1H3. The zero-order chi connectivity index (χ0) is 19.7. The molecule has 2 aromatic carbocycles. The van der Waals surface area contributed by atoms with Gasteiger partial charge in [-0.3, -0.25) is 4.79 Å². The van der Waals surface area contributed by atoms with Gasteiger partial charge in [0.05, 0.1) is 6.04 Å². The van der Waals surface area contributed by atoms with Gasteiger partial charge in [0.1, 0.15) is 11.7 Å². The van der Waals surface area contributed by atoms with Crippen molar-refractivity contribution in [2.75, 3.05) is 5.88 Å². The van der Waals surface area contributed by atoms with E-state index in [0.29, 0.717) is 0 Å². The first kappa shape index (κ1) is 19.0. The van der Waals surface area contributed by atoms with Crippen molar-refractivity contribution in [3.63, 3.8) is 0 Å². The number of benzene rings is 2. The number of aromatic amines is 1. The highest BCUT2D eigenvalue weighted by atomic mass is 35.5. The summed E-state index contributed by atoms with van der Waals surface area (Å²) in [5, 5.41) is 1.20. The second-order valence-electron chi connectivity index (χ2n) is 7.45. The Morgan fingerprint density at radius 3 is 2.68 bits per heavy atom. The highest BCUT2D eigenvalue weighted by Crippen LogP contribution is 2.42. The smallest absolute Gasteiger partial charge is 0.238 e. The van der Waals surface area contributed by atoms with Crippen LogP contribution in [0.1, 0.15) is 49.0 Å². The van der Waals surface area contributed by atoms with E-state index >= 15 is 0 Å². The normalized spacial score (nSPS) is 19.0. The zero-order valence-electron chi connectivity index (χ0n) is 15.9. The van der Waals surface area contributed by atoms with Crippen LogP contribution in [0.3, 0.4) is 0 Å². The number of carbonyl (C=O) groups is 1. The Balaban J connectivity index is 1.91. The van der Waals surface area contributed by atoms with Crippen molar-refractivity contribution in [3.8, 4) is 0 Å². The van der Waals surface area contributed by atoms with Crippen molar-refractivity contribution in [3.05, 3.63) is 71.2 Å². The lowest BCUT2D eigenvalue weighted by Crippen LogP contribution is -2.48. The van der Waals surface area contributed by atoms with E-state index in [0.717, 1.165) is 42.5 Å². The van der Waals surface area contributed by atoms with E-state index in [4.69, 9.17) is 11.6 Å². The number of rotatable bonds is 5. The van der Waals surface area contributed by atoms with E-state index in [2.05, 4.69) is 24.0 Å². The Morgan fingerprint density at radius 1 is 1.21 bits per heavy atom. The number of halogens is 2. The van der Waals surface area contributed by atoms with Crippen LogP contribution in [0.25, 0.3) is 10.9 Å². The topological polar surface area (TPSA) is 36.1 Å². The second-order valence-corrected chi connectivity index (χ2v) is 7.72. The van der Waals surface area contributed by atoms with E-state index in [1.54, 1.807) is 12.1 Å². The maximum atomic E-state index is 13.6. The first-order valence-electron chi connectivity index (χ1n) is 9.86. The van der Waals surface area contributed by atoms with Crippen molar-refractivity contribution < 1.29 is 9.18 Å². The lowest BCUT2D eigenvalue weighted by atomic mass is 9.86. The molecule has 0 radical (unpaired) electrons. The van der Waals surface area contributed by atoms with Gasteiger partial charge in [-0.15, -0.1) is 11.6 Å². The summed E-state index contributed by atoms with van der Waals surface area (Å²) < 4.78 is 13.6. The number of nitrogens with one attached hydrogen (secondary N) is 1. The number of amides is 1. The number of aromatic nitrogens is 1. The molecule has 1 aliphatic rings. The third kappa shape index (κ3) is 3.30. The molecule has 28 heavy (non-hydrogen) atoms. The number of H-pyrrole nitrogens is 1. The molecule has 2 heterocycles. The molecular formula is C23H24ClFN2O. The first-order valence-corrected chi connectivity index (χ1v) is 10.4. The summed E-state index contributed by atoms with van der Waals surface area (Å²) in [5.41, 5.74) is 4.23. The molecule has 0 spiro atoms. The minimum absolute atomic E-state index is 0.0596. The van der Waals surface area contributed by atoms with Gasteiger partial charge in [-0.2, -0.15) is 0 Å². The number of alkyl halides is 1. The molecule has 0 fully saturated rings. The Hall–Kier alpha value is -2.33. The SMILES string of the molecule is CCCCC1Cc2c([nH]c3ccccc23)C(c2ccc(F)cc2)N1C(=O)CCl. The van der Waals surface area contributed by atoms with Crippen LogP contribution in [0, 0.1) is 5.82 Å². The Labute approximate surface area is 169 Å². The lowest BCUT2D eigenvalue weighted by Gasteiger charge is -2.42. The van der Waals surface area contributed by atoms with Gasteiger partial charge in [0.2, 0.25) is 5.91 Å².